The lowest BCUT2D eigenvalue weighted by molar-refractivity contribution is 0.155. The van der Waals surface area contributed by atoms with Crippen LogP contribution in [0.5, 0.6) is 0 Å². The van der Waals surface area contributed by atoms with Crippen molar-refractivity contribution in [2.75, 3.05) is 45.1 Å². The van der Waals surface area contributed by atoms with E-state index in [4.69, 9.17) is 4.98 Å². The van der Waals surface area contributed by atoms with E-state index in [-0.39, 0.29) is 11.7 Å². The monoisotopic (exact) mass is 493 g/mol. The largest absolute Gasteiger partial charge is 0.324 e. The summed E-state index contributed by atoms with van der Waals surface area (Å²) in [7, 11) is 2.19. The van der Waals surface area contributed by atoms with Crippen LogP contribution in [-0.2, 0) is 12.8 Å². The van der Waals surface area contributed by atoms with Crippen LogP contribution in [0, 0.1) is 5.82 Å². The van der Waals surface area contributed by atoms with Crippen molar-refractivity contribution in [3.05, 3.63) is 107 Å². The zero-order valence-electron chi connectivity index (χ0n) is 21.2. The zero-order chi connectivity index (χ0) is 25.2. The standard InChI is InChI=1S/C31H32FN5/c1-36-15-17-37(18-16-36)14-13-22-7-6-8-24(19-22)34-31-33-21-23-20-28(26-10-4-5-12-29(26)32)25-9-2-3-11-27(25)30(23)35-31/h2-12,19,21,28H,13-18,20H2,1H3,(H,33,34,35). The SMILES string of the molecule is CN1CCN(CCc2cccc(Nc3ncc4c(n3)-c3ccccc3C(c3ccccc3F)C4)c2)CC1. The van der Waals surface area contributed by atoms with E-state index < -0.39 is 0 Å². The molecular formula is C31H32FN5. The highest BCUT2D eigenvalue weighted by Gasteiger charge is 2.29. The molecule has 1 saturated heterocycles. The molecule has 1 unspecified atom stereocenters. The van der Waals surface area contributed by atoms with Crippen LogP contribution in [0.4, 0.5) is 16.0 Å². The summed E-state index contributed by atoms with van der Waals surface area (Å²) in [5.41, 5.74) is 7.13. The number of fused-ring (bicyclic) bond motifs is 3. The van der Waals surface area contributed by atoms with Crippen molar-refractivity contribution in [2.24, 2.45) is 0 Å². The molecule has 37 heavy (non-hydrogen) atoms. The number of nitrogens with zero attached hydrogens (tertiary/aromatic N) is 4. The van der Waals surface area contributed by atoms with Gasteiger partial charge in [-0.15, -0.1) is 0 Å². The van der Waals surface area contributed by atoms with Crippen LogP contribution in [0.25, 0.3) is 11.3 Å². The molecule has 6 heteroatoms. The van der Waals surface area contributed by atoms with Crippen molar-refractivity contribution >= 4 is 11.6 Å². The lowest BCUT2D eigenvalue weighted by Gasteiger charge is -2.32. The van der Waals surface area contributed by atoms with E-state index in [2.05, 4.69) is 63.5 Å². The lowest BCUT2D eigenvalue weighted by atomic mass is 9.78. The van der Waals surface area contributed by atoms with E-state index in [0.29, 0.717) is 12.4 Å². The Morgan fingerprint density at radius 2 is 1.70 bits per heavy atom. The first-order valence-electron chi connectivity index (χ1n) is 13.1. The number of hydrogen-bond acceptors (Lipinski definition) is 5. The van der Waals surface area contributed by atoms with Gasteiger partial charge in [0.1, 0.15) is 5.82 Å². The quantitative estimate of drug-likeness (QED) is 0.384. The summed E-state index contributed by atoms with van der Waals surface area (Å²) < 4.78 is 14.7. The Balaban J connectivity index is 1.21. The maximum absolute atomic E-state index is 14.7. The van der Waals surface area contributed by atoms with E-state index in [0.717, 1.165) is 72.8 Å². The summed E-state index contributed by atoms with van der Waals surface area (Å²) in [5, 5.41) is 3.42. The second-order valence-electron chi connectivity index (χ2n) is 10.2. The normalized spacial score (nSPS) is 17.7. The van der Waals surface area contributed by atoms with Gasteiger partial charge in [-0.25, -0.2) is 14.4 Å². The molecule has 0 radical (unpaired) electrons. The fraction of sp³-hybridized carbons (Fsp3) is 0.290. The smallest absolute Gasteiger partial charge is 0.227 e. The van der Waals surface area contributed by atoms with Gasteiger partial charge in [-0.3, -0.25) is 0 Å². The lowest BCUT2D eigenvalue weighted by Crippen LogP contribution is -2.45. The third-order valence-electron chi connectivity index (χ3n) is 7.66. The summed E-state index contributed by atoms with van der Waals surface area (Å²) in [6, 6.07) is 23.8. The maximum Gasteiger partial charge on any atom is 0.227 e. The van der Waals surface area contributed by atoms with Gasteiger partial charge < -0.3 is 15.1 Å². The molecule has 1 atom stereocenters. The molecule has 1 aliphatic carbocycles. The molecule has 188 valence electrons. The predicted octanol–water partition coefficient (Wildman–Crippen LogP) is 5.50. The van der Waals surface area contributed by atoms with Gasteiger partial charge in [0.2, 0.25) is 5.95 Å². The molecule has 6 rings (SSSR count). The molecule has 0 amide bonds. The van der Waals surface area contributed by atoms with Crippen molar-refractivity contribution in [2.45, 2.75) is 18.8 Å². The van der Waals surface area contributed by atoms with Crippen LogP contribution in [0.2, 0.25) is 0 Å². The second kappa shape index (κ2) is 10.4. The van der Waals surface area contributed by atoms with Gasteiger partial charge >= 0.3 is 0 Å². The Kier molecular flexibility index (Phi) is 6.68. The van der Waals surface area contributed by atoms with E-state index in [1.165, 1.54) is 11.6 Å². The molecule has 4 aromatic rings. The van der Waals surface area contributed by atoms with Crippen LogP contribution < -0.4 is 5.32 Å². The van der Waals surface area contributed by atoms with Crippen molar-refractivity contribution in [3.8, 4) is 11.3 Å². The van der Waals surface area contributed by atoms with Gasteiger partial charge in [-0.2, -0.15) is 0 Å². The van der Waals surface area contributed by atoms with Gasteiger partial charge in [0, 0.05) is 56.1 Å². The average Bonchev–Trinajstić information content (AvgIpc) is 2.93. The summed E-state index contributed by atoms with van der Waals surface area (Å²) >= 11 is 0. The average molecular weight is 494 g/mol. The molecule has 0 saturated carbocycles. The summed E-state index contributed by atoms with van der Waals surface area (Å²) in [4.78, 5) is 14.5. The van der Waals surface area contributed by atoms with Crippen molar-refractivity contribution in [3.63, 3.8) is 0 Å². The molecule has 1 aliphatic heterocycles. The molecule has 2 aliphatic rings. The molecule has 1 aromatic heterocycles. The van der Waals surface area contributed by atoms with Crippen molar-refractivity contribution < 1.29 is 4.39 Å². The third kappa shape index (κ3) is 5.13. The van der Waals surface area contributed by atoms with Crippen LogP contribution in [0.15, 0.2) is 79.0 Å². The molecule has 0 bridgehead atoms. The number of likely N-dealkylation sites (N-methyl/N-ethyl adjacent to an activating group) is 1. The molecule has 2 heterocycles. The maximum atomic E-state index is 14.7. The minimum Gasteiger partial charge on any atom is -0.324 e. The number of rotatable bonds is 6. The Morgan fingerprint density at radius 3 is 2.54 bits per heavy atom. The summed E-state index contributed by atoms with van der Waals surface area (Å²) in [5.74, 6) is 0.357. The highest BCUT2D eigenvalue weighted by atomic mass is 19.1. The third-order valence-corrected chi connectivity index (χ3v) is 7.66. The minimum atomic E-state index is -0.169. The predicted molar refractivity (Wildman–Crippen MR) is 147 cm³/mol. The first kappa shape index (κ1) is 23.8. The summed E-state index contributed by atoms with van der Waals surface area (Å²) in [6.45, 7) is 5.63. The van der Waals surface area contributed by atoms with E-state index >= 15 is 0 Å². The van der Waals surface area contributed by atoms with Crippen LogP contribution in [-0.4, -0.2) is 59.5 Å². The number of benzene rings is 3. The first-order valence-corrected chi connectivity index (χ1v) is 13.1. The zero-order valence-corrected chi connectivity index (χ0v) is 21.2. The van der Waals surface area contributed by atoms with Crippen molar-refractivity contribution in [1.82, 2.24) is 19.8 Å². The molecule has 1 fully saturated rings. The summed E-state index contributed by atoms with van der Waals surface area (Å²) in [6.07, 6.45) is 3.59. The fourth-order valence-corrected chi connectivity index (χ4v) is 5.52. The molecule has 5 nitrogen and oxygen atoms in total. The Hall–Kier alpha value is -3.61. The van der Waals surface area contributed by atoms with Crippen molar-refractivity contribution in [1.29, 1.82) is 0 Å². The van der Waals surface area contributed by atoms with E-state index in [9.17, 15) is 4.39 Å². The number of anilines is 2. The van der Waals surface area contributed by atoms with Crippen LogP contribution in [0.3, 0.4) is 0 Å². The highest BCUT2D eigenvalue weighted by molar-refractivity contribution is 5.73. The molecule has 3 aromatic carbocycles. The van der Waals surface area contributed by atoms with E-state index in [1.54, 1.807) is 6.07 Å². The number of aromatic nitrogens is 2. The Bertz CT molecular complexity index is 1400. The molecular weight excluding hydrogens is 461 g/mol. The van der Waals surface area contributed by atoms with Crippen LogP contribution >= 0.6 is 0 Å². The fourth-order valence-electron chi connectivity index (χ4n) is 5.52. The Morgan fingerprint density at radius 1 is 0.919 bits per heavy atom. The van der Waals surface area contributed by atoms with Gasteiger partial charge in [0.25, 0.3) is 0 Å². The van der Waals surface area contributed by atoms with Gasteiger partial charge in [-0.05, 0) is 60.3 Å². The highest BCUT2D eigenvalue weighted by Crippen LogP contribution is 2.42. The molecule has 0 spiro atoms. The van der Waals surface area contributed by atoms with Gasteiger partial charge in [0.05, 0.1) is 5.69 Å². The topological polar surface area (TPSA) is 44.3 Å². The van der Waals surface area contributed by atoms with Gasteiger partial charge in [0.15, 0.2) is 0 Å². The van der Waals surface area contributed by atoms with Gasteiger partial charge in [-0.1, -0.05) is 54.6 Å². The number of hydrogen-bond donors (Lipinski definition) is 1. The van der Waals surface area contributed by atoms with Crippen LogP contribution in [0.1, 0.15) is 28.2 Å². The minimum absolute atomic E-state index is 0.0516. The molecule has 1 N–H and O–H groups in total. The first-order chi connectivity index (χ1) is 18.1. The van der Waals surface area contributed by atoms with E-state index in [1.807, 2.05) is 30.5 Å². The second-order valence-corrected chi connectivity index (χ2v) is 10.2. The number of nitrogens with one attached hydrogen (secondary N) is 1. The Labute approximate surface area is 218 Å². The number of piperazine rings is 1. The number of halogens is 1.